The lowest BCUT2D eigenvalue weighted by molar-refractivity contribution is -0.141. The van der Waals surface area contributed by atoms with Gasteiger partial charge in [0.1, 0.15) is 0 Å². The first-order valence-corrected chi connectivity index (χ1v) is 7.40. The van der Waals surface area contributed by atoms with E-state index < -0.39 is 5.97 Å². The third-order valence-electron chi connectivity index (χ3n) is 4.57. The van der Waals surface area contributed by atoms with Gasteiger partial charge in [-0.3, -0.25) is 4.79 Å². The molecular weight excluding hydrogens is 244 g/mol. The zero-order valence-corrected chi connectivity index (χ0v) is 11.6. The summed E-state index contributed by atoms with van der Waals surface area (Å²) in [6.45, 7) is 3.09. The number of carboxylic acids is 1. The van der Waals surface area contributed by atoms with Gasteiger partial charge in [-0.1, -0.05) is 26.2 Å². The minimum Gasteiger partial charge on any atom is -0.481 e. The van der Waals surface area contributed by atoms with Crippen molar-refractivity contribution < 1.29 is 14.7 Å². The number of carbonyl (C=O) groups excluding carboxylic acids is 1. The van der Waals surface area contributed by atoms with Crippen LogP contribution in [0.4, 0.5) is 4.79 Å². The average Bonchev–Trinajstić information content (AvgIpc) is 2.89. The first-order valence-electron chi connectivity index (χ1n) is 7.40. The Labute approximate surface area is 114 Å². The molecule has 1 saturated carbocycles. The number of nitrogens with zero attached hydrogens (tertiary/aromatic N) is 1. The van der Waals surface area contributed by atoms with Crippen molar-refractivity contribution in [3.05, 3.63) is 0 Å². The monoisotopic (exact) mass is 268 g/mol. The fraction of sp³-hybridized carbons (Fsp3) is 0.857. The molecule has 0 spiro atoms. The first-order chi connectivity index (χ1) is 9.11. The predicted octanol–water partition coefficient (Wildman–Crippen LogP) is 2.07. The van der Waals surface area contributed by atoms with Crippen molar-refractivity contribution in [3.63, 3.8) is 0 Å². The lowest BCUT2D eigenvalue weighted by Gasteiger charge is -2.32. The summed E-state index contributed by atoms with van der Waals surface area (Å²) in [6.07, 6.45) is 6.36. The van der Waals surface area contributed by atoms with E-state index in [0.717, 1.165) is 12.8 Å². The maximum Gasteiger partial charge on any atom is 0.317 e. The van der Waals surface area contributed by atoms with E-state index >= 15 is 0 Å². The highest BCUT2D eigenvalue weighted by Gasteiger charge is 2.33. The van der Waals surface area contributed by atoms with E-state index in [1.165, 1.54) is 19.3 Å². The molecule has 2 aliphatic rings. The van der Waals surface area contributed by atoms with Crippen molar-refractivity contribution in [1.29, 1.82) is 0 Å². The summed E-state index contributed by atoms with van der Waals surface area (Å²) in [5, 5.41) is 12.1. The van der Waals surface area contributed by atoms with Crippen molar-refractivity contribution in [2.24, 2.45) is 11.8 Å². The van der Waals surface area contributed by atoms with Crippen LogP contribution in [0.15, 0.2) is 0 Å². The molecule has 0 aromatic rings. The van der Waals surface area contributed by atoms with E-state index in [2.05, 4.69) is 12.2 Å². The summed E-state index contributed by atoms with van der Waals surface area (Å²) >= 11 is 0. The Morgan fingerprint density at radius 1 is 1.26 bits per heavy atom. The van der Waals surface area contributed by atoms with Crippen LogP contribution in [0.3, 0.4) is 0 Å². The standard InChI is InChI=1S/C14H24N2O3/c1-2-10-5-3-4-6-12(10)15-14(19)16-8-7-11(9-16)13(17)18/h10-12H,2-9H2,1H3,(H,15,19)(H,17,18). The van der Waals surface area contributed by atoms with Gasteiger partial charge in [-0.25, -0.2) is 4.79 Å². The van der Waals surface area contributed by atoms with Crippen LogP contribution in [0.1, 0.15) is 45.4 Å². The summed E-state index contributed by atoms with van der Waals surface area (Å²) in [5.41, 5.74) is 0. The fourth-order valence-electron chi connectivity index (χ4n) is 3.28. The maximum absolute atomic E-state index is 12.2. The predicted molar refractivity (Wildman–Crippen MR) is 71.9 cm³/mol. The van der Waals surface area contributed by atoms with Gasteiger partial charge >= 0.3 is 12.0 Å². The van der Waals surface area contributed by atoms with Crippen LogP contribution < -0.4 is 5.32 Å². The van der Waals surface area contributed by atoms with Gasteiger partial charge in [0, 0.05) is 19.1 Å². The first kappa shape index (κ1) is 14.2. The molecule has 3 unspecified atom stereocenters. The molecule has 0 radical (unpaired) electrons. The molecule has 19 heavy (non-hydrogen) atoms. The summed E-state index contributed by atoms with van der Waals surface area (Å²) < 4.78 is 0. The highest BCUT2D eigenvalue weighted by molar-refractivity contribution is 5.77. The molecule has 5 nitrogen and oxygen atoms in total. The van der Waals surface area contributed by atoms with Gasteiger partial charge in [-0.05, 0) is 25.2 Å². The largest absolute Gasteiger partial charge is 0.481 e. The fourth-order valence-corrected chi connectivity index (χ4v) is 3.28. The van der Waals surface area contributed by atoms with Gasteiger partial charge in [0.2, 0.25) is 0 Å². The maximum atomic E-state index is 12.2. The van der Waals surface area contributed by atoms with Gasteiger partial charge in [0.25, 0.3) is 0 Å². The molecule has 2 amide bonds. The lowest BCUT2D eigenvalue weighted by Crippen LogP contribution is -2.47. The van der Waals surface area contributed by atoms with Crippen LogP contribution in [0.5, 0.6) is 0 Å². The van der Waals surface area contributed by atoms with Gasteiger partial charge in [0.05, 0.1) is 5.92 Å². The third kappa shape index (κ3) is 3.39. The number of carbonyl (C=O) groups is 2. The molecule has 1 aliphatic carbocycles. The van der Waals surface area contributed by atoms with Crippen LogP contribution >= 0.6 is 0 Å². The molecular formula is C14H24N2O3. The number of rotatable bonds is 3. The van der Waals surface area contributed by atoms with Gasteiger partial charge < -0.3 is 15.3 Å². The molecule has 2 N–H and O–H groups in total. The number of amides is 2. The van der Waals surface area contributed by atoms with Gasteiger partial charge in [-0.15, -0.1) is 0 Å². The smallest absolute Gasteiger partial charge is 0.317 e. The van der Waals surface area contributed by atoms with E-state index in [9.17, 15) is 9.59 Å². The molecule has 3 atom stereocenters. The molecule has 0 aromatic carbocycles. The Morgan fingerprint density at radius 3 is 2.63 bits per heavy atom. The van der Waals surface area contributed by atoms with Crippen molar-refractivity contribution in [1.82, 2.24) is 10.2 Å². The number of aliphatic carboxylic acids is 1. The van der Waals surface area contributed by atoms with Crippen LogP contribution in [0.25, 0.3) is 0 Å². The second kappa shape index (κ2) is 6.26. The molecule has 0 aromatic heterocycles. The van der Waals surface area contributed by atoms with Crippen LogP contribution in [-0.2, 0) is 4.79 Å². The van der Waals surface area contributed by atoms with E-state index in [1.54, 1.807) is 4.90 Å². The Hall–Kier alpha value is -1.26. The topological polar surface area (TPSA) is 69.6 Å². The normalized spacial score (nSPS) is 31.2. The number of hydrogen-bond donors (Lipinski definition) is 2. The van der Waals surface area contributed by atoms with Crippen LogP contribution in [-0.4, -0.2) is 41.1 Å². The summed E-state index contributed by atoms with van der Waals surface area (Å²) in [4.78, 5) is 24.7. The van der Waals surface area contributed by atoms with E-state index in [-0.39, 0.29) is 18.0 Å². The second-order valence-corrected chi connectivity index (χ2v) is 5.78. The average molecular weight is 268 g/mol. The Morgan fingerprint density at radius 2 is 2.00 bits per heavy atom. The summed E-state index contributed by atoms with van der Waals surface area (Å²) in [5.74, 6) is -0.603. The second-order valence-electron chi connectivity index (χ2n) is 5.78. The number of urea groups is 1. The highest BCUT2D eigenvalue weighted by Crippen LogP contribution is 2.27. The van der Waals surface area contributed by atoms with Crippen LogP contribution in [0, 0.1) is 11.8 Å². The molecule has 1 heterocycles. The number of hydrogen-bond acceptors (Lipinski definition) is 2. The quantitative estimate of drug-likeness (QED) is 0.823. The van der Waals surface area contributed by atoms with E-state index in [0.29, 0.717) is 25.4 Å². The third-order valence-corrected chi connectivity index (χ3v) is 4.57. The van der Waals surface area contributed by atoms with E-state index in [1.807, 2.05) is 0 Å². The minimum absolute atomic E-state index is 0.0749. The zero-order valence-electron chi connectivity index (χ0n) is 11.6. The number of nitrogens with one attached hydrogen (secondary N) is 1. The molecule has 1 saturated heterocycles. The SMILES string of the molecule is CCC1CCCCC1NC(=O)N1CCC(C(=O)O)C1. The minimum atomic E-state index is -0.792. The molecule has 0 bridgehead atoms. The van der Waals surface area contributed by atoms with Gasteiger partial charge in [0.15, 0.2) is 0 Å². The molecule has 108 valence electrons. The lowest BCUT2D eigenvalue weighted by atomic mass is 9.83. The van der Waals surface area contributed by atoms with Crippen molar-refractivity contribution in [3.8, 4) is 0 Å². The highest BCUT2D eigenvalue weighted by atomic mass is 16.4. The summed E-state index contributed by atoms with van der Waals surface area (Å²) in [6, 6.07) is 0.198. The molecule has 1 aliphatic heterocycles. The number of carboxylic acid groups (broad SMARTS) is 1. The molecule has 2 rings (SSSR count). The van der Waals surface area contributed by atoms with Crippen LogP contribution in [0.2, 0.25) is 0 Å². The Balaban J connectivity index is 1.85. The Bertz CT molecular complexity index is 346. The molecule has 5 heteroatoms. The zero-order chi connectivity index (χ0) is 13.8. The van der Waals surface area contributed by atoms with E-state index in [4.69, 9.17) is 5.11 Å². The molecule has 2 fully saturated rings. The summed E-state index contributed by atoms with van der Waals surface area (Å²) in [7, 11) is 0. The van der Waals surface area contributed by atoms with Crippen molar-refractivity contribution in [2.45, 2.75) is 51.5 Å². The van der Waals surface area contributed by atoms with Crippen molar-refractivity contribution in [2.75, 3.05) is 13.1 Å². The van der Waals surface area contributed by atoms with Gasteiger partial charge in [-0.2, -0.15) is 0 Å². The van der Waals surface area contributed by atoms with Crippen molar-refractivity contribution >= 4 is 12.0 Å². The number of likely N-dealkylation sites (tertiary alicyclic amines) is 1. The Kier molecular flexibility index (Phi) is 4.66.